The molecule has 0 atom stereocenters. The number of hydrogen-bond donors (Lipinski definition) is 0. The molecule has 92 valence electrons. The van der Waals surface area contributed by atoms with Crippen molar-refractivity contribution in [3.63, 3.8) is 0 Å². The van der Waals surface area contributed by atoms with Crippen molar-refractivity contribution in [1.82, 2.24) is 9.80 Å². The summed E-state index contributed by atoms with van der Waals surface area (Å²) in [6.07, 6.45) is 5.96. The van der Waals surface area contributed by atoms with Crippen LogP contribution in [0.25, 0.3) is 0 Å². The van der Waals surface area contributed by atoms with Crippen LogP contribution in [0.4, 0.5) is 0 Å². The molecule has 0 aromatic heterocycles. The monoisotopic (exact) mass is 234 g/mol. The van der Waals surface area contributed by atoms with Crippen LogP contribution in [0.1, 0.15) is 25.7 Å². The van der Waals surface area contributed by atoms with Crippen LogP contribution in [-0.2, 0) is 9.59 Å². The number of nitrogens with zero attached hydrogens (tertiary/aromatic N) is 2. The maximum absolute atomic E-state index is 11.9. The summed E-state index contributed by atoms with van der Waals surface area (Å²) >= 11 is 0. The van der Waals surface area contributed by atoms with Crippen LogP contribution in [0.5, 0.6) is 0 Å². The van der Waals surface area contributed by atoms with Crippen molar-refractivity contribution in [2.45, 2.75) is 31.3 Å². The van der Waals surface area contributed by atoms with Crippen LogP contribution >= 0.6 is 0 Å². The predicted octanol–water partition coefficient (Wildman–Crippen LogP) is 1.30. The second kappa shape index (κ2) is 4.35. The van der Waals surface area contributed by atoms with E-state index in [1.54, 1.807) is 22.0 Å². The van der Waals surface area contributed by atoms with Gasteiger partial charge in [-0.05, 0) is 12.8 Å². The lowest BCUT2D eigenvalue weighted by atomic mass is 10.0. The summed E-state index contributed by atoms with van der Waals surface area (Å²) in [6, 6.07) is 0. The van der Waals surface area contributed by atoms with Gasteiger partial charge in [0.05, 0.1) is 0 Å². The zero-order valence-electron chi connectivity index (χ0n) is 10.0. The van der Waals surface area contributed by atoms with Crippen LogP contribution < -0.4 is 0 Å². The van der Waals surface area contributed by atoms with E-state index in [4.69, 9.17) is 0 Å². The first-order valence-corrected chi connectivity index (χ1v) is 5.98. The van der Waals surface area contributed by atoms with Crippen molar-refractivity contribution in [3.05, 3.63) is 25.3 Å². The third kappa shape index (κ3) is 1.68. The van der Waals surface area contributed by atoms with E-state index < -0.39 is 5.66 Å². The molecule has 1 spiro atoms. The van der Waals surface area contributed by atoms with E-state index in [1.165, 1.54) is 0 Å². The second-order valence-electron chi connectivity index (χ2n) is 4.57. The Bertz CT molecular complexity index is 340. The summed E-state index contributed by atoms with van der Waals surface area (Å²) in [6.45, 7) is 8.40. The molecule has 2 saturated heterocycles. The number of hydrogen-bond acceptors (Lipinski definition) is 2. The minimum Gasteiger partial charge on any atom is -0.316 e. The highest BCUT2D eigenvalue weighted by Crippen LogP contribution is 2.42. The smallest absolute Gasteiger partial charge is 0.224 e. The van der Waals surface area contributed by atoms with Gasteiger partial charge in [0.2, 0.25) is 11.8 Å². The Morgan fingerprint density at radius 3 is 1.76 bits per heavy atom. The van der Waals surface area contributed by atoms with Gasteiger partial charge < -0.3 is 9.80 Å². The normalized spacial score (nSPS) is 22.6. The van der Waals surface area contributed by atoms with Crippen LogP contribution in [0.15, 0.2) is 25.3 Å². The summed E-state index contributed by atoms with van der Waals surface area (Å²) in [5, 5.41) is 0. The van der Waals surface area contributed by atoms with Gasteiger partial charge in [0.25, 0.3) is 0 Å². The number of likely N-dealkylation sites (tertiary alicyclic amines) is 2. The summed E-state index contributed by atoms with van der Waals surface area (Å²) in [4.78, 5) is 27.4. The van der Waals surface area contributed by atoms with Gasteiger partial charge in [-0.25, -0.2) is 0 Å². The molecule has 0 aliphatic carbocycles. The highest BCUT2D eigenvalue weighted by atomic mass is 16.2. The van der Waals surface area contributed by atoms with Crippen molar-refractivity contribution in [3.8, 4) is 0 Å². The fourth-order valence-electron chi connectivity index (χ4n) is 2.96. The summed E-state index contributed by atoms with van der Waals surface area (Å²) in [7, 11) is 0. The van der Waals surface area contributed by atoms with Crippen LogP contribution in [0.3, 0.4) is 0 Å². The molecular weight excluding hydrogens is 216 g/mol. The van der Waals surface area contributed by atoms with Crippen molar-refractivity contribution in [2.75, 3.05) is 13.1 Å². The fourth-order valence-corrected chi connectivity index (χ4v) is 2.96. The van der Waals surface area contributed by atoms with E-state index >= 15 is 0 Å². The van der Waals surface area contributed by atoms with Crippen molar-refractivity contribution in [1.29, 1.82) is 0 Å². The van der Waals surface area contributed by atoms with Crippen LogP contribution in [-0.4, -0.2) is 40.4 Å². The molecule has 2 aliphatic heterocycles. The summed E-state index contributed by atoms with van der Waals surface area (Å²) in [5.41, 5.74) is -0.406. The maximum Gasteiger partial charge on any atom is 0.224 e. The molecule has 2 aliphatic rings. The molecule has 2 fully saturated rings. The van der Waals surface area contributed by atoms with Gasteiger partial charge in [0.15, 0.2) is 0 Å². The molecule has 2 heterocycles. The molecule has 0 bridgehead atoms. The molecule has 17 heavy (non-hydrogen) atoms. The molecule has 2 amide bonds. The number of rotatable bonds is 4. The second-order valence-corrected chi connectivity index (χ2v) is 4.57. The highest BCUT2D eigenvalue weighted by Gasteiger charge is 2.53. The topological polar surface area (TPSA) is 40.6 Å². The zero-order chi connectivity index (χ0) is 12.5. The Hall–Kier alpha value is -1.58. The SMILES string of the molecule is C=CCN1C(=O)CCC12CCC(=O)N2CC=C. The van der Waals surface area contributed by atoms with Gasteiger partial charge in [-0.2, -0.15) is 0 Å². The lowest BCUT2D eigenvalue weighted by Gasteiger charge is -2.41. The van der Waals surface area contributed by atoms with E-state index in [2.05, 4.69) is 13.2 Å². The average molecular weight is 234 g/mol. The van der Waals surface area contributed by atoms with Gasteiger partial charge in [0.1, 0.15) is 5.66 Å². The van der Waals surface area contributed by atoms with Crippen molar-refractivity contribution < 1.29 is 9.59 Å². The number of amides is 2. The fraction of sp³-hybridized carbons (Fsp3) is 0.538. The molecule has 0 radical (unpaired) electrons. The van der Waals surface area contributed by atoms with E-state index in [9.17, 15) is 9.59 Å². The molecule has 4 heteroatoms. The largest absolute Gasteiger partial charge is 0.316 e. The van der Waals surface area contributed by atoms with Gasteiger partial charge in [-0.15, -0.1) is 13.2 Å². The summed E-state index contributed by atoms with van der Waals surface area (Å²) in [5.74, 6) is 0.238. The Balaban J connectivity index is 2.32. The van der Waals surface area contributed by atoms with E-state index in [0.29, 0.717) is 25.9 Å². The molecule has 0 unspecified atom stereocenters. The minimum atomic E-state index is -0.406. The van der Waals surface area contributed by atoms with Crippen LogP contribution in [0, 0.1) is 0 Å². The lowest BCUT2D eigenvalue weighted by molar-refractivity contribution is -0.141. The quantitative estimate of drug-likeness (QED) is 0.688. The molecule has 0 aromatic rings. The van der Waals surface area contributed by atoms with Gasteiger partial charge in [0, 0.05) is 25.9 Å². The molecule has 4 nitrogen and oxygen atoms in total. The maximum atomic E-state index is 11.9. The van der Waals surface area contributed by atoms with Crippen LogP contribution in [0.2, 0.25) is 0 Å². The van der Waals surface area contributed by atoms with E-state index in [1.807, 2.05) is 0 Å². The van der Waals surface area contributed by atoms with Gasteiger partial charge in [-0.3, -0.25) is 9.59 Å². The summed E-state index contributed by atoms with van der Waals surface area (Å²) < 4.78 is 0. The number of carbonyl (C=O) groups is 2. The average Bonchev–Trinajstić information content (AvgIpc) is 2.79. The molecule has 0 saturated carbocycles. The van der Waals surface area contributed by atoms with E-state index in [0.717, 1.165) is 12.8 Å². The number of carbonyl (C=O) groups excluding carboxylic acids is 2. The molecule has 2 rings (SSSR count). The Morgan fingerprint density at radius 1 is 1.00 bits per heavy atom. The van der Waals surface area contributed by atoms with Gasteiger partial charge in [-0.1, -0.05) is 12.2 Å². The predicted molar refractivity (Wildman–Crippen MR) is 65.0 cm³/mol. The third-order valence-corrected chi connectivity index (χ3v) is 3.71. The third-order valence-electron chi connectivity index (χ3n) is 3.71. The van der Waals surface area contributed by atoms with Crippen molar-refractivity contribution >= 4 is 11.8 Å². The van der Waals surface area contributed by atoms with Crippen molar-refractivity contribution in [2.24, 2.45) is 0 Å². The van der Waals surface area contributed by atoms with E-state index in [-0.39, 0.29) is 11.8 Å². The highest BCUT2D eigenvalue weighted by molar-refractivity contribution is 5.85. The first kappa shape index (κ1) is 11.9. The standard InChI is InChI=1S/C13H18N2O2/c1-3-9-14-11(16)5-7-13(14)8-6-12(17)15(13)10-4-2/h3-4H,1-2,5-10H2. The Morgan fingerprint density at radius 2 is 1.41 bits per heavy atom. The zero-order valence-corrected chi connectivity index (χ0v) is 10.0. The first-order valence-electron chi connectivity index (χ1n) is 5.98. The molecule has 0 aromatic carbocycles. The molecule has 0 N–H and O–H groups in total. The Kier molecular flexibility index (Phi) is 3.05. The Labute approximate surface area is 102 Å². The van der Waals surface area contributed by atoms with Gasteiger partial charge >= 0.3 is 0 Å². The first-order chi connectivity index (χ1) is 8.15. The minimum absolute atomic E-state index is 0.119. The molecular formula is C13H18N2O2. The lowest BCUT2D eigenvalue weighted by Crippen LogP contribution is -2.55.